The number of hydrogen-bond donors (Lipinski definition) is 1. The van der Waals surface area contributed by atoms with Gasteiger partial charge in [-0.2, -0.15) is 0 Å². The second-order valence-corrected chi connectivity index (χ2v) is 6.35. The Morgan fingerprint density at radius 1 is 1.40 bits per heavy atom. The lowest BCUT2D eigenvalue weighted by Crippen LogP contribution is -2.60. The van der Waals surface area contributed by atoms with Gasteiger partial charge in [-0.3, -0.25) is 0 Å². The number of nitrogens with one attached hydrogen (secondary N) is 1. The van der Waals surface area contributed by atoms with Gasteiger partial charge in [0.05, 0.1) is 16.8 Å². The summed E-state index contributed by atoms with van der Waals surface area (Å²) < 4.78 is 19.3. The fourth-order valence-corrected chi connectivity index (χ4v) is 4.06. The Hall–Kier alpha value is -0.800. The second-order valence-electron chi connectivity index (χ2n) is 5.94. The first-order chi connectivity index (χ1) is 9.65. The molecule has 1 aromatic carbocycles. The summed E-state index contributed by atoms with van der Waals surface area (Å²) in [6.45, 7) is 2.81. The maximum absolute atomic E-state index is 13.4. The molecule has 0 aliphatic heterocycles. The Labute approximate surface area is 124 Å². The van der Waals surface area contributed by atoms with E-state index in [0.717, 1.165) is 13.0 Å². The van der Waals surface area contributed by atoms with Gasteiger partial charge in [0.25, 0.3) is 0 Å². The lowest BCUT2D eigenvalue weighted by atomic mass is 9.60. The molecular weight excluding hydrogens is 277 g/mol. The zero-order valence-corrected chi connectivity index (χ0v) is 12.5. The Kier molecular flexibility index (Phi) is 3.91. The SMILES string of the molecule is CCOC1CC(Nc2cc(F)ccc2Cl)C12CCCC2. The molecule has 2 aliphatic carbocycles. The van der Waals surface area contributed by atoms with Gasteiger partial charge in [-0.25, -0.2) is 4.39 Å². The van der Waals surface area contributed by atoms with E-state index in [1.165, 1.54) is 37.8 Å². The number of hydrogen-bond acceptors (Lipinski definition) is 2. The smallest absolute Gasteiger partial charge is 0.125 e. The highest BCUT2D eigenvalue weighted by Crippen LogP contribution is 2.55. The summed E-state index contributed by atoms with van der Waals surface area (Å²) in [4.78, 5) is 0. The van der Waals surface area contributed by atoms with Gasteiger partial charge in [0.1, 0.15) is 5.82 Å². The minimum atomic E-state index is -0.252. The van der Waals surface area contributed by atoms with Gasteiger partial charge in [0.2, 0.25) is 0 Å². The Morgan fingerprint density at radius 3 is 2.85 bits per heavy atom. The third-order valence-electron chi connectivity index (χ3n) is 4.95. The van der Waals surface area contributed by atoms with E-state index >= 15 is 0 Å². The number of rotatable bonds is 4. The maximum Gasteiger partial charge on any atom is 0.125 e. The molecule has 2 saturated carbocycles. The van der Waals surface area contributed by atoms with Crippen LogP contribution in [0.5, 0.6) is 0 Å². The summed E-state index contributed by atoms with van der Waals surface area (Å²) >= 11 is 6.15. The van der Waals surface area contributed by atoms with Crippen LogP contribution < -0.4 is 5.32 Å². The molecule has 0 aromatic heterocycles. The summed E-state index contributed by atoms with van der Waals surface area (Å²) in [6.07, 6.45) is 6.25. The van der Waals surface area contributed by atoms with Gasteiger partial charge >= 0.3 is 0 Å². The molecule has 0 radical (unpaired) electrons. The van der Waals surface area contributed by atoms with Crippen molar-refractivity contribution >= 4 is 17.3 Å². The molecule has 1 spiro atoms. The molecule has 110 valence electrons. The highest BCUT2D eigenvalue weighted by molar-refractivity contribution is 6.33. The molecule has 1 N–H and O–H groups in total. The van der Waals surface area contributed by atoms with Gasteiger partial charge in [-0.15, -0.1) is 0 Å². The molecule has 1 aromatic rings. The molecule has 2 aliphatic rings. The van der Waals surface area contributed by atoms with Gasteiger partial charge in [-0.05, 0) is 44.4 Å². The van der Waals surface area contributed by atoms with Crippen LogP contribution >= 0.6 is 11.6 Å². The topological polar surface area (TPSA) is 21.3 Å². The van der Waals surface area contributed by atoms with E-state index in [-0.39, 0.29) is 11.2 Å². The van der Waals surface area contributed by atoms with E-state index in [4.69, 9.17) is 16.3 Å². The summed E-state index contributed by atoms with van der Waals surface area (Å²) in [7, 11) is 0. The van der Waals surface area contributed by atoms with E-state index in [9.17, 15) is 4.39 Å². The largest absolute Gasteiger partial charge is 0.380 e. The number of halogens is 2. The molecule has 3 rings (SSSR count). The normalized spacial score (nSPS) is 27.6. The Bertz CT molecular complexity index is 487. The van der Waals surface area contributed by atoms with E-state index in [0.29, 0.717) is 22.9 Å². The fourth-order valence-electron chi connectivity index (χ4n) is 3.88. The lowest BCUT2D eigenvalue weighted by molar-refractivity contribution is -0.114. The summed E-state index contributed by atoms with van der Waals surface area (Å²) in [5.74, 6) is -0.252. The number of anilines is 1. The standard InChI is InChI=1S/C16H21ClFNO/c1-2-20-15-10-14(16(15)7-3-4-8-16)19-13-9-11(18)5-6-12(13)17/h5-6,9,14-15,19H,2-4,7-8,10H2,1H3. The van der Waals surface area contributed by atoms with Gasteiger partial charge in [0, 0.05) is 18.1 Å². The van der Waals surface area contributed by atoms with Crippen molar-refractivity contribution in [3.05, 3.63) is 29.0 Å². The molecule has 0 heterocycles. The summed E-state index contributed by atoms with van der Waals surface area (Å²) in [5, 5.41) is 4.04. The highest BCUT2D eigenvalue weighted by Gasteiger charge is 2.56. The molecule has 2 atom stereocenters. The molecule has 0 saturated heterocycles. The van der Waals surface area contributed by atoms with Crippen molar-refractivity contribution in [1.82, 2.24) is 0 Å². The van der Waals surface area contributed by atoms with Crippen molar-refractivity contribution in [2.75, 3.05) is 11.9 Å². The zero-order valence-electron chi connectivity index (χ0n) is 11.8. The lowest BCUT2D eigenvalue weighted by Gasteiger charge is -2.54. The molecule has 20 heavy (non-hydrogen) atoms. The van der Waals surface area contributed by atoms with Crippen LogP contribution in [-0.4, -0.2) is 18.8 Å². The summed E-state index contributed by atoms with van der Waals surface area (Å²) in [6, 6.07) is 4.83. The van der Waals surface area contributed by atoms with Crippen LogP contribution in [-0.2, 0) is 4.74 Å². The van der Waals surface area contributed by atoms with Crippen molar-refractivity contribution in [1.29, 1.82) is 0 Å². The monoisotopic (exact) mass is 297 g/mol. The van der Waals surface area contributed by atoms with Gasteiger partial charge < -0.3 is 10.1 Å². The van der Waals surface area contributed by atoms with Crippen molar-refractivity contribution in [2.24, 2.45) is 5.41 Å². The quantitative estimate of drug-likeness (QED) is 0.875. The van der Waals surface area contributed by atoms with Crippen LogP contribution in [0.4, 0.5) is 10.1 Å². The first-order valence-electron chi connectivity index (χ1n) is 7.49. The molecular formula is C16H21ClFNO. The van der Waals surface area contributed by atoms with Crippen LogP contribution in [0.25, 0.3) is 0 Å². The predicted molar refractivity (Wildman–Crippen MR) is 79.8 cm³/mol. The number of ether oxygens (including phenoxy) is 1. The Balaban J connectivity index is 1.76. The predicted octanol–water partition coefficient (Wildman–Crippen LogP) is 4.63. The van der Waals surface area contributed by atoms with E-state index in [1.807, 2.05) is 6.92 Å². The van der Waals surface area contributed by atoms with Crippen molar-refractivity contribution in [2.45, 2.75) is 51.2 Å². The van der Waals surface area contributed by atoms with Crippen LogP contribution in [0.15, 0.2) is 18.2 Å². The molecule has 2 fully saturated rings. The van der Waals surface area contributed by atoms with Crippen LogP contribution in [0.3, 0.4) is 0 Å². The molecule has 4 heteroatoms. The average Bonchev–Trinajstić information content (AvgIpc) is 2.94. The minimum absolute atomic E-state index is 0.228. The van der Waals surface area contributed by atoms with E-state index < -0.39 is 0 Å². The Morgan fingerprint density at radius 2 is 2.15 bits per heavy atom. The summed E-state index contributed by atoms with van der Waals surface area (Å²) in [5.41, 5.74) is 0.934. The van der Waals surface area contributed by atoms with Crippen molar-refractivity contribution < 1.29 is 9.13 Å². The van der Waals surface area contributed by atoms with Gasteiger partial charge in [0.15, 0.2) is 0 Å². The zero-order chi connectivity index (χ0) is 14.2. The third-order valence-corrected chi connectivity index (χ3v) is 5.28. The molecule has 0 bridgehead atoms. The van der Waals surface area contributed by atoms with Crippen LogP contribution in [0.2, 0.25) is 5.02 Å². The molecule has 2 nitrogen and oxygen atoms in total. The third kappa shape index (κ3) is 2.31. The van der Waals surface area contributed by atoms with Crippen molar-refractivity contribution in [3.8, 4) is 0 Å². The van der Waals surface area contributed by atoms with E-state index in [1.54, 1.807) is 6.07 Å². The van der Waals surface area contributed by atoms with Gasteiger partial charge in [-0.1, -0.05) is 24.4 Å². The van der Waals surface area contributed by atoms with Crippen LogP contribution in [0, 0.1) is 11.2 Å². The van der Waals surface area contributed by atoms with Crippen LogP contribution in [0.1, 0.15) is 39.0 Å². The average molecular weight is 298 g/mol. The molecule has 0 amide bonds. The van der Waals surface area contributed by atoms with E-state index in [2.05, 4.69) is 5.32 Å². The maximum atomic E-state index is 13.4. The minimum Gasteiger partial charge on any atom is -0.380 e. The molecule has 2 unspecified atom stereocenters. The first kappa shape index (κ1) is 14.2. The van der Waals surface area contributed by atoms with Crippen molar-refractivity contribution in [3.63, 3.8) is 0 Å². The second kappa shape index (κ2) is 5.53. The highest BCUT2D eigenvalue weighted by atomic mass is 35.5. The fraction of sp³-hybridized carbons (Fsp3) is 0.625. The first-order valence-corrected chi connectivity index (χ1v) is 7.87. The number of benzene rings is 1.